The number of hydrogen-bond acceptors (Lipinski definition) is 6. The van der Waals surface area contributed by atoms with E-state index in [-0.39, 0.29) is 42.2 Å². The minimum absolute atomic E-state index is 0.0199. The molecule has 0 fully saturated rings. The van der Waals surface area contributed by atoms with Crippen LogP contribution in [0.25, 0.3) is 0 Å². The summed E-state index contributed by atoms with van der Waals surface area (Å²) in [4.78, 5) is 13.7. The van der Waals surface area contributed by atoms with Gasteiger partial charge in [0.1, 0.15) is 23.4 Å². The molecule has 1 aliphatic rings. The highest BCUT2D eigenvalue weighted by Crippen LogP contribution is 2.34. The summed E-state index contributed by atoms with van der Waals surface area (Å²) in [5.41, 5.74) is 0.595. The van der Waals surface area contributed by atoms with Gasteiger partial charge >= 0.3 is 0 Å². The average molecular weight is 453 g/mol. The molecule has 0 unspecified atom stereocenters. The van der Waals surface area contributed by atoms with Gasteiger partial charge in [-0.25, -0.2) is 8.42 Å². The Balaban J connectivity index is 2.56. The second kappa shape index (κ2) is 11.0. The van der Waals surface area contributed by atoms with E-state index in [0.29, 0.717) is 18.5 Å². The number of methoxy groups -OCH3 is 1. The van der Waals surface area contributed by atoms with Crippen LogP contribution in [-0.2, 0) is 19.6 Å². The number of rotatable bonds is 6. The first-order valence-corrected chi connectivity index (χ1v) is 11.7. The molecule has 1 aromatic rings. The maximum Gasteiger partial charge on any atom is 0.247 e. The van der Waals surface area contributed by atoms with Gasteiger partial charge in [-0.3, -0.25) is 4.79 Å². The number of nitrogens with zero attached hydrogens (tertiary/aromatic N) is 2. The third-order valence-electron chi connectivity index (χ3n) is 5.30. The van der Waals surface area contributed by atoms with E-state index in [1.54, 1.807) is 45.0 Å². The van der Waals surface area contributed by atoms with Gasteiger partial charge < -0.3 is 19.5 Å². The SMILES string of the molecule is CCC(=O)N(C)C[C@H]1Oc2cc(C#CCOC)ccc2S(=O)(=O)N([C@H](C)CO)C[C@H]1C. The normalized spacial score (nSPS) is 21.5. The van der Waals surface area contributed by atoms with E-state index in [2.05, 4.69) is 11.8 Å². The first kappa shape index (κ1) is 25.1. The summed E-state index contributed by atoms with van der Waals surface area (Å²) in [6.07, 6.45) is -0.0690. The van der Waals surface area contributed by atoms with Crippen molar-refractivity contribution >= 4 is 15.9 Å². The molecule has 0 aliphatic carbocycles. The van der Waals surface area contributed by atoms with Gasteiger partial charge in [-0.1, -0.05) is 25.7 Å². The standard InChI is InChI=1S/C22H32N2O6S/c1-6-22(26)23(4)14-20-16(2)13-24(17(3)15-25)31(27,28)21-10-9-18(8-7-11-29-5)12-19(21)30-20/h9-10,12,16-17,20,25H,6,11,13-15H2,1-5H3/t16-,17-,20-/m1/s1. The highest BCUT2D eigenvalue weighted by Gasteiger charge is 2.38. The van der Waals surface area contributed by atoms with E-state index in [0.717, 1.165) is 0 Å². The Bertz CT molecular complexity index is 937. The Kier molecular flexibility index (Phi) is 8.89. The van der Waals surface area contributed by atoms with Crippen LogP contribution in [0.1, 0.15) is 32.8 Å². The second-order valence-corrected chi connectivity index (χ2v) is 9.62. The fourth-order valence-electron chi connectivity index (χ4n) is 3.37. The highest BCUT2D eigenvalue weighted by molar-refractivity contribution is 7.89. The van der Waals surface area contributed by atoms with E-state index in [1.165, 1.54) is 10.4 Å². The molecule has 0 aromatic heterocycles. The zero-order valence-electron chi connectivity index (χ0n) is 18.8. The predicted molar refractivity (Wildman–Crippen MR) is 117 cm³/mol. The molecule has 8 nitrogen and oxygen atoms in total. The number of aliphatic hydroxyl groups excluding tert-OH is 1. The minimum atomic E-state index is -3.91. The monoisotopic (exact) mass is 452 g/mol. The number of aliphatic hydroxyl groups is 1. The van der Waals surface area contributed by atoms with Gasteiger partial charge in [-0.2, -0.15) is 4.31 Å². The van der Waals surface area contributed by atoms with Crippen molar-refractivity contribution in [2.75, 3.05) is 40.5 Å². The van der Waals surface area contributed by atoms with Crippen LogP contribution in [0.2, 0.25) is 0 Å². The van der Waals surface area contributed by atoms with Gasteiger partial charge in [0, 0.05) is 44.6 Å². The molecule has 3 atom stereocenters. The van der Waals surface area contributed by atoms with Gasteiger partial charge in [0.2, 0.25) is 15.9 Å². The van der Waals surface area contributed by atoms with Crippen molar-refractivity contribution in [3.63, 3.8) is 0 Å². The molecule has 0 saturated carbocycles. The molecule has 1 N–H and O–H groups in total. The molecule has 1 aromatic carbocycles. The van der Waals surface area contributed by atoms with Crippen LogP contribution in [0, 0.1) is 17.8 Å². The first-order chi connectivity index (χ1) is 14.6. The molecule has 1 amide bonds. The average Bonchev–Trinajstić information content (AvgIpc) is 2.75. The minimum Gasteiger partial charge on any atom is -0.487 e. The molecule has 2 rings (SSSR count). The molecule has 0 bridgehead atoms. The second-order valence-electron chi connectivity index (χ2n) is 7.76. The molecular formula is C22H32N2O6S. The summed E-state index contributed by atoms with van der Waals surface area (Å²) in [6, 6.07) is 4.10. The van der Waals surface area contributed by atoms with E-state index in [4.69, 9.17) is 9.47 Å². The molecule has 0 radical (unpaired) electrons. The number of likely N-dealkylation sites (N-methyl/N-ethyl adjacent to an activating group) is 1. The number of benzene rings is 1. The largest absolute Gasteiger partial charge is 0.487 e. The lowest BCUT2D eigenvalue weighted by Crippen LogP contribution is -2.50. The lowest BCUT2D eigenvalue weighted by atomic mass is 10.0. The van der Waals surface area contributed by atoms with Crippen LogP contribution in [0.5, 0.6) is 5.75 Å². The van der Waals surface area contributed by atoms with Gasteiger partial charge in [0.05, 0.1) is 13.2 Å². The van der Waals surface area contributed by atoms with Crippen molar-refractivity contribution in [3.8, 4) is 17.6 Å². The van der Waals surface area contributed by atoms with Crippen molar-refractivity contribution < 1.29 is 27.8 Å². The summed E-state index contributed by atoms with van der Waals surface area (Å²) < 4.78 is 39.2. The number of amides is 1. The number of carbonyl (C=O) groups is 1. The maximum absolute atomic E-state index is 13.4. The number of hydrogen-bond donors (Lipinski definition) is 1. The summed E-state index contributed by atoms with van der Waals surface area (Å²) in [5, 5.41) is 9.68. The zero-order chi connectivity index (χ0) is 23.2. The predicted octanol–water partition coefficient (Wildman–Crippen LogP) is 1.32. The van der Waals surface area contributed by atoms with Crippen LogP contribution in [0.4, 0.5) is 0 Å². The van der Waals surface area contributed by atoms with Gasteiger partial charge in [-0.15, -0.1) is 0 Å². The van der Waals surface area contributed by atoms with E-state index >= 15 is 0 Å². The number of ether oxygens (including phenoxy) is 2. The molecule has 0 spiro atoms. The van der Waals surface area contributed by atoms with Crippen molar-refractivity contribution in [1.29, 1.82) is 0 Å². The van der Waals surface area contributed by atoms with Crippen LogP contribution in [0.3, 0.4) is 0 Å². The van der Waals surface area contributed by atoms with Crippen LogP contribution in [-0.4, -0.2) is 81.2 Å². The van der Waals surface area contributed by atoms with E-state index < -0.39 is 22.2 Å². The van der Waals surface area contributed by atoms with Crippen molar-refractivity contribution in [1.82, 2.24) is 9.21 Å². The van der Waals surface area contributed by atoms with Gasteiger partial charge in [0.15, 0.2) is 0 Å². The van der Waals surface area contributed by atoms with E-state index in [9.17, 15) is 18.3 Å². The summed E-state index contributed by atoms with van der Waals surface area (Å²) in [7, 11) is -0.656. The molecule has 1 heterocycles. The fraction of sp³-hybridized carbons (Fsp3) is 0.591. The van der Waals surface area contributed by atoms with Crippen LogP contribution < -0.4 is 4.74 Å². The molecular weight excluding hydrogens is 420 g/mol. The van der Waals surface area contributed by atoms with Crippen LogP contribution in [0.15, 0.2) is 23.1 Å². The van der Waals surface area contributed by atoms with Crippen molar-refractivity contribution in [3.05, 3.63) is 23.8 Å². The van der Waals surface area contributed by atoms with Gasteiger partial charge in [-0.05, 0) is 25.1 Å². The molecule has 1 aliphatic heterocycles. The van der Waals surface area contributed by atoms with Crippen molar-refractivity contribution in [2.24, 2.45) is 5.92 Å². The Morgan fingerprint density at radius 1 is 1.45 bits per heavy atom. The first-order valence-electron chi connectivity index (χ1n) is 10.3. The summed E-state index contributed by atoms with van der Waals surface area (Å²) in [6.45, 7) is 5.77. The third-order valence-corrected chi connectivity index (χ3v) is 7.32. The summed E-state index contributed by atoms with van der Waals surface area (Å²) >= 11 is 0. The number of carbonyl (C=O) groups excluding carboxylic acids is 1. The van der Waals surface area contributed by atoms with Crippen molar-refractivity contribution in [2.45, 2.75) is 44.2 Å². The fourth-order valence-corrected chi connectivity index (χ4v) is 5.20. The molecule has 9 heteroatoms. The molecule has 0 saturated heterocycles. The van der Waals surface area contributed by atoms with E-state index in [1.807, 2.05) is 6.92 Å². The topological polar surface area (TPSA) is 96.4 Å². The molecule has 172 valence electrons. The quantitative estimate of drug-likeness (QED) is 0.654. The van der Waals surface area contributed by atoms with Crippen LogP contribution >= 0.6 is 0 Å². The maximum atomic E-state index is 13.4. The highest BCUT2D eigenvalue weighted by atomic mass is 32.2. The summed E-state index contributed by atoms with van der Waals surface area (Å²) in [5.74, 6) is 5.71. The number of sulfonamides is 1. The van der Waals surface area contributed by atoms with Gasteiger partial charge in [0.25, 0.3) is 0 Å². The lowest BCUT2D eigenvalue weighted by molar-refractivity contribution is -0.131. The Morgan fingerprint density at radius 2 is 2.16 bits per heavy atom. The smallest absolute Gasteiger partial charge is 0.247 e. The molecule has 31 heavy (non-hydrogen) atoms. The Hall–Kier alpha value is -2.12. The zero-order valence-corrected chi connectivity index (χ0v) is 19.6. The Morgan fingerprint density at radius 3 is 2.77 bits per heavy atom. The lowest BCUT2D eigenvalue weighted by Gasteiger charge is -2.37. The Labute approximate surface area is 185 Å². The number of fused-ring (bicyclic) bond motifs is 1. The third kappa shape index (κ3) is 5.98.